The largest absolute Gasteiger partial charge is 0.456 e. The zero-order chi connectivity index (χ0) is 18.2. The lowest BCUT2D eigenvalue weighted by molar-refractivity contribution is 0.0468. The summed E-state index contributed by atoms with van der Waals surface area (Å²) in [5.41, 5.74) is 2.15. The molecule has 134 valence electrons. The quantitative estimate of drug-likeness (QED) is 0.742. The van der Waals surface area contributed by atoms with Gasteiger partial charge in [-0.1, -0.05) is 19.1 Å². The van der Waals surface area contributed by atoms with Crippen LogP contribution in [0.1, 0.15) is 47.4 Å². The molecule has 1 aromatic carbocycles. The highest BCUT2D eigenvalue weighted by Crippen LogP contribution is 2.12. The number of hydrogen-bond donors (Lipinski definition) is 2. The van der Waals surface area contributed by atoms with E-state index in [1.807, 2.05) is 26.2 Å². The molecule has 7 heteroatoms. The molecular formula is C18H23N3O3S. The summed E-state index contributed by atoms with van der Waals surface area (Å²) in [4.78, 5) is 28.0. The molecule has 0 aliphatic heterocycles. The van der Waals surface area contributed by atoms with Gasteiger partial charge in [-0.15, -0.1) is 11.3 Å². The molecule has 0 radical (unpaired) electrons. The molecule has 0 saturated heterocycles. The molecule has 1 aromatic heterocycles. The SMILES string of the molecule is CCc1nc(COC(=O)c2ccc(CNC(=O)NC(C)C)cc2)cs1. The number of carbonyl (C=O) groups excluding carboxylic acids is 2. The van der Waals surface area contributed by atoms with Crippen LogP contribution in [0.4, 0.5) is 4.79 Å². The summed E-state index contributed by atoms with van der Waals surface area (Å²) in [7, 11) is 0. The second-order valence-electron chi connectivity index (χ2n) is 5.84. The predicted octanol–water partition coefficient (Wildman–Crippen LogP) is 3.27. The minimum Gasteiger partial charge on any atom is -0.456 e. The van der Waals surface area contributed by atoms with Gasteiger partial charge in [-0.05, 0) is 38.0 Å². The summed E-state index contributed by atoms with van der Waals surface area (Å²) < 4.78 is 5.28. The van der Waals surface area contributed by atoms with Gasteiger partial charge in [0, 0.05) is 18.0 Å². The molecule has 0 aliphatic rings. The number of hydrogen-bond acceptors (Lipinski definition) is 5. The van der Waals surface area contributed by atoms with Gasteiger partial charge >= 0.3 is 12.0 Å². The van der Waals surface area contributed by atoms with Gasteiger partial charge in [-0.3, -0.25) is 0 Å². The minimum absolute atomic E-state index is 0.0864. The predicted molar refractivity (Wildman–Crippen MR) is 97.6 cm³/mol. The van der Waals surface area contributed by atoms with Gasteiger partial charge in [-0.25, -0.2) is 14.6 Å². The van der Waals surface area contributed by atoms with Crippen LogP contribution < -0.4 is 10.6 Å². The highest BCUT2D eigenvalue weighted by molar-refractivity contribution is 7.09. The molecule has 1 heterocycles. The first-order valence-electron chi connectivity index (χ1n) is 8.21. The third-order valence-electron chi connectivity index (χ3n) is 3.32. The third-order valence-corrected chi connectivity index (χ3v) is 4.36. The van der Waals surface area contributed by atoms with Crippen LogP contribution in [0.2, 0.25) is 0 Å². The van der Waals surface area contributed by atoms with Crippen LogP contribution in [0, 0.1) is 0 Å². The Bertz CT molecular complexity index is 711. The average Bonchev–Trinajstić information content (AvgIpc) is 3.06. The monoisotopic (exact) mass is 361 g/mol. The van der Waals surface area contributed by atoms with Gasteiger partial charge in [0.15, 0.2) is 0 Å². The highest BCUT2D eigenvalue weighted by Gasteiger charge is 2.09. The van der Waals surface area contributed by atoms with Crippen LogP contribution in [0.25, 0.3) is 0 Å². The lowest BCUT2D eigenvalue weighted by atomic mass is 10.1. The maximum absolute atomic E-state index is 12.1. The van der Waals surface area contributed by atoms with E-state index in [2.05, 4.69) is 15.6 Å². The highest BCUT2D eigenvalue weighted by atomic mass is 32.1. The van der Waals surface area contributed by atoms with E-state index >= 15 is 0 Å². The number of carbonyl (C=O) groups is 2. The second kappa shape index (κ2) is 9.17. The van der Waals surface area contributed by atoms with Crippen molar-refractivity contribution in [1.29, 1.82) is 0 Å². The minimum atomic E-state index is -0.386. The van der Waals surface area contributed by atoms with Crippen LogP contribution in [0.5, 0.6) is 0 Å². The third kappa shape index (κ3) is 6.19. The van der Waals surface area contributed by atoms with E-state index in [1.165, 1.54) is 0 Å². The van der Waals surface area contributed by atoms with Crippen molar-refractivity contribution in [1.82, 2.24) is 15.6 Å². The number of rotatable bonds is 7. The van der Waals surface area contributed by atoms with Crippen LogP contribution >= 0.6 is 11.3 Å². The molecule has 2 amide bonds. The number of aromatic nitrogens is 1. The molecular weight excluding hydrogens is 338 g/mol. The van der Waals surface area contributed by atoms with Gasteiger partial charge in [0.25, 0.3) is 0 Å². The molecule has 6 nitrogen and oxygen atoms in total. The summed E-state index contributed by atoms with van der Waals surface area (Å²) >= 11 is 1.57. The fourth-order valence-corrected chi connectivity index (χ4v) is 2.78. The van der Waals surface area contributed by atoms with E-state index < -0.39 is 0 Å². The molecule has 0 atom stereocenters. The molecule has 0 fully saturated rings. The van der Waals surface area contributed by atoms with Gasteiger partial charge in [-0.2, -0.15) is 0 Å². The van der Waals surface area contributed by atoms with Crippen molar-refractivity contribution in [3.05, 3.63) is 51.5 Å². The number of urea groups is 1. The van der Waals surface area contributed by atoms with E-state index in [0.717, 1.165) is 22.7 Å². The van der Waals surface area contributed by atoms with Gasteiger partial charge in [0.1, 0.15) is 6.61 Å². The lowest BCUT2D eigenvalue weighted by Crippen LogP contribution is -2.39. The summed E-state index contributed by atoms with van der Waals surface area (Å²) in [6.45, 7) is 6.40. The van der Waals surface area contributed by atoms with Crippen molar-refractivity contribution in [3.8, 4) is 0 Å². The van der Waals surface area contributed by atoms with Gasteiger partial charge in [0.05, 0.1) is 16.3 Å². The maximum atomic E-state index is 12.1. The Morgan fingerprint density at radius 2 is 1.96 bits per heavy atom. The molecule has 2 aromatic rings. The maximum Gasteiger partial charge on any atom is 0.338 e. The smallest absolute Gasteiger partial charge is 0.338 e. The summed E-state index contributed by atoms with van der Waals surface area (Å²) in [5.74, 6) is -0.386. The molecule has 0 bridgehead atoms. The van der Waals surface area contributed by atoms with Crippen LogP contribution in [-0.2, 0) is 24.3 Å². The van der Waals surface area contributed by atoms with Crippen molar-refractivity contribution < 1.29 is 14.3 Å². The molecule has 25 heavy (non-hydrogen) atoms. The first kappa shape index (κ1) is 18.9. The Kier molecular flexibility index (Phi) is 6.94. The Morgan fingerprint density at radius 1 is 1.24 bits per heavy atom. The Hall–Kier alpha value is -2.41. The molecule has 0 unspecified atom stereocenters. The number of benzene rings is 1. The Labute approximate surface area is 151 Å². The summed E-state index contributed by atoms with van der Waals surface area (Å²) in [5, 5.41) is 8.45. The number of nitrogens with zero attached hydrogens (tertiary/aromatic N) is 1. The topological polar surface area (TPSA) is 80.3 Å². The standard InChI is InChI=1S/C18H23N3O3S/c1-4-16-21-15(11-25-16)10-24-17(22)14-7-5-13(6-8-14)9-19-18(23)20-12(2)3/h5-8,11-12H,4,9-10H2,1-3H3,(H2,19,20,23). The van der Waals surface area contributed by atoms with E-state index in [9.17, 15) is 9.59 Å². The normalized spacial score (nSPS) is 10.6. The van der Waals surface area contributed by atoms with Crippen molar-refractivity contribution >= 4 is 23.3 Å². The van der Waals surface area contributed by atoms with Gasteiger partial charge in [0.2, 0.25) is 0 Å². The van der Waals surface area contributed by atoms with E-state index in [1.54, 1.807) is 35.6 Å². The fraction of sp³-hybridized carbons (Fsp3) is 0.389. The van der Waals surface area contributed by atoms with Crippen molar-refractivity contribution in [2.45, 2.75) is 46.4 Å². The zero-order valence-corrected chi connectivity index (χ0v) is 15.5. The number of ether oxygens (including phenoxy) is 1. The Balaban J connectivity index is 1.82. The number of aryl methyl sites for hydroxylation is 1. The molecule has 0 saturated carbocycles. The number of thiazole rings is 1. The second-order valence-corrected chi connectivity index (χ2v) is 6.78. The lowest BCUT2D eigenvalue weighted by Gasteiger charge is -2.10. The van der Waals surface area contributed by atoms with Crippen molar-refractivity contribution in [2.24, 2.45) is 0 Å². The summed E-state index contributed by atoms with van der Waals surface area (Å²) in [6.07, 6.45) is 0.878. The van der Waals surface area contributed by atoms with Crippen LogP contribution in [0.3, 0.4) is 0 Å². The molecule has 2 rings (SSSR count). The number of nitrogens with one attached hydrogen (secondary N) is 2. The molecule has 2 N–H and O–H groups in total. The first-order chi connectivity index (χ1) is 12.0. The average molecular weight is 361 g/mol. The summed E-state index contributed by atoms with van der Waals surface area (Å²) in [6, 6.07) is 6.85. The number of esters is 1. The van der Waals surface area contributed by atoms with Crippen LogP contribution in [0.15, 0.2) is 29.6 Å². The van der Waals surface area contributed by atoms with Gasteiger partial charge < -0.3 is 15.4 Å². The van der Waals surface area contributed by atoms with E-state index in [0.29, 0.717) is 12.1 Å². The van der Waals surface area contributed by atoms with Crippen molar-refractivity contribution in [3.63, 3.8) is 0 Å². The molecule has 0 spiro atoms. The number of amides is 2. The van der Waals surface area contributed by atoms with E-state index in [4.69, 9.17) is 4.74 Å². The van der Waals surface area contributed by atoms with Crippen LogP contribution in [-0.4, -0.2) is 23.0 Å². The Morgan fingerprint density at radius 3 is 2.56 bits per heavy atom. The first-order valence-corrected chi connectivity index (χ1v) is 9.09. The van der Waals surface area contributed by atoms with E-state index in [-0.39, 0.29) is 24.6 Å². The fourth-order valence-electron chi connectivity index (χ4n) is 2.05. The zero-order valence-electron chi connectivity index (χ0n) is 14.7. The van der Waals surface area contributed by atoms with Crippen molar-refractivity contribution in [2.75, 3.05) is 0 Å². The molecule has 0 aliphatic carbocycles.